The maximum Gasteiger partial charge on any atom is 0.227 e. The Hall–Kier alpha value is 0.200. The minimum absolute atomic E-state index is 0.0612. The van der Waals surface area contributed by atoms with Crippen LogP contribution in [0.15, 0.2) is 0 Å². The average molecular weight is 329 g/mol. The molecule has 6 saturated carbocycles. The fraction of sp³-hybridized carbons (Fsp3) is 0.923. The smallest absolute Gasteiger partial charge is 0.227 e. The highest BCUT2D eigenvalue weighted by Gasteiger charge is 3.11. The van der Waals surface area contributed by atoms with Gasteiger partial charge in [-0.2, -0.15) is 0 Å². The topological polar surface area (TPSA) is 29.1 Å². The van der Waals surface area contributed by atoms with E-state index < -0.39 is 0 Å². The molecule has 6 aliphatic carbocycles. The molecule has 6 rings (SSSR count). The summed E-state index contributed by atoms with van der Waals surface area (Å²) in [5.41, 5.74) is 0.0918. The summed E-state index contributed by atoms with van der Waals surface area (Å²) >= 11 is 2.71. The lowest BCUT2D eigenvalue weighted by atomic mass is 8.96. The third kappa shape index (κ3) is 0.488. The van der Waals surface area contributed by atoms with Gasteiger partial charge < -0.3 is 5.32 Å². The van der Waals surface area contributed by atoms with Gasteiger partial charge in [0.05, 0.1) is 5.41 Å². The number of hydrogen-bond donors (Lipinski definition) is 1. The predicted octanol–water partition coefficient (Wildman–Crippen LogP) is 1.83. The van der Waals surface area contributed by atoms with Crippen molar-refractivity contribution in [2.45, 2.75) is 29.7 Å². The van der Waals surface area contributed by atoms with Crippen molar-refractivity contribution in [3.8, 4) is 0 Å². The number of halogens is 1. The van der Waals surface area contributed by atoms with Crippen molar-refractivity contribution in [1.29, 1.82) is 0 Å². The molecule has 2 nitrogen and oxygen atoms in total. The highest BCUT2D eigenvalue weighted by molar-refractivity contribution is 14.1. The Labute approximate surface area is 109 Å². The lowest BCUT2D eigenvalue weighted by Crippen LogP contribution is -3.12. The van der Waals surface area contributed by atoms with Crippen molar-refractivity contribution in [3.63, 3.8) is 0 Å². The van der Waals surface area contributed by atoms with E-state index in [1.54, 1.807) is 0 Å². The van der Waals surface area contributed by atoms with Gasteiger partial charge in [-0.1, -0.05) is 22.6 Å². The fourth-order valence-electron chi connectivity index (χ4n) is 6.30. The normalized spacial score (nSPS) is 70.0. The van der Waals surface area contributed by atoms with Gasteiger partial charge in [-0.15, -0.1) is 0 Å². The second kappa shape index (κ2) is 1.90. The second-order valence-electron chi connectivity index (χ2n) is 7.62. The predicted molar refractivity (Wildman–Crippen MR) is 68.0 cm³/mol. The van der Waals surface area contributed by atoms with Gasteiger partial charge in [0.15, 0.2) is 0 Å². The summed E-state index contributed by atoms with van der Waals surface area (Å²) < 4.78 is 0.696. The van der Waals surface area contributed by atoms with Gasteiger partial charge in [-0.05, 0) is 56.3 Å². The van der Waals surface area contributed by atoms with E-state index in [0.717, 1.165) is 35.5 Å². The van der Waals surface area contributed by atoms with Crippen LogP contribution in [0.25, 0.3) is 0 Å². The Morgan fingerprint density at radius 1 is 1.06 bits per heavy atom. The first-order valence-electron chi connectivity index (χ1n) is 6.38. The molecule has 16 heavy (non-hydrogen) atoms. The van der Waals surface area contributed by atoms with Crippen molar-refractivity contribution in [1.82, 2.24) is 5.32 Å². The van der Waals surface area contributed by atoms with Crippen molar-refractivity contribution in [2.75, 3.05) is 0 Å². The van der Waals surface area contributed by atoms with E-state index in [4.69, 9.17) is 0 Å². The molecule has 0 saturated heterocycles. The number of carbonyl (C=O) groups excluding carboxylic acids is 1. The van der Waals surface area contributed by atoms with E-state index in [1.807, 2.05) is 0 Å². The van der Waals surface area contributed by atoms with Gasteiger partial charge in [-0.3, -0.25) is 4.79 Å². The molecule has 86 valence electrons. The maximum absolute atomic E-state index is 12.4. The molecule has 0 bridgehead atoms. The molecule has 0 aromatic heterocycles. The van der Waals surface area contributed by atoms with Crippen LogP contribution in [0.2, 0.25) is 0 Å². The summed E-state index contributed by atoms with van der Waals surface area (Å²) in [4.78, 5) is 12.4. The average Bonchev–Trinajstić information content (AvgIpc) is 2.15. The zero-order chi connectivity index (χ0) is 11.2. The lowest BCUT2D eigenvalue weighted by molar-refractivity contribution is -0.571. The van der Waals surface area contributed by atoms with E-state index in [2.05, 4.69) is 48.7 Å². The van der Waals surface area contributed by atoms with E-state index in [1.165, 1.54) is 0 Å². The molecule has 6 fully saturated rings. The van der Waals surface area contributed by atoms with Crippen molar-refractivity contribution in [3.05, 3.63) is 0 Å². The number of hydrogen-bond acceptors (Lipinski definition) is 1. The van der Waals surface area contributed by atoms with Gasteiger partial charge >= 0.3 is 0 Å². The Bertz CT molecular complexity index is 409. The maximum atomic E-state index is 12.4. The number of nitrogens with one attached hydrogen (secondary N) is 1. The van der Waals surface area contributed by atoms with Crippen LogP contribution in [0, 0.1) is 40.9 Å². The third-order valence-corrected chi connectivity index (χ3v) is 8.55. The molecule has 1 N–H and O–H groups in total. The fourth-order valence-corrected chi connectivity index (χ4v) is 8.62. The van der Waals surface area contributed by atoms with Crippen molar-refractivity contribution < 1.29 is 4.79 Å². The largest absolute Gasteiger partial charge is 0.351 e. The van der Waals surface area contributed by atoms with Gasteiger partial charge in [0.25, 0.3) is 0 Å². The summed E-state index contributed by atoms with van der Waals surface area (Å²) in [7, 11) is 0. The lowest BCUT2D eigenvalue weighted by Gasteiger charge is -3.09. The Kier molecular flexibility index (Phi) is 1.09. The molecule has 0 aromatic rings. The first kappa shape index (κ1) is 9.17. The van der Waals surface area contributed by atoms with E-state index >= 15 is 0 Å². The number of rotatable bonds is 1. The number of amides is 1. The first-order valence-corrected chi connectivity index (χ1v) is 7.45. The highest BCUT2D eigenvalue weighted by atomic mass is 127. The van der Waals surface area contributed by atoms with E-state index in [-0.39, 0.29) is 11.0 Å². The van der Waals surface area contributed by atoms with Crippen molar-refractivity contribution in [2.24, 2.45) is 40.9 Å². The first-order chi connectivity index (χ1) is 7.36. The summed E-state index contributed by atoms with van der Waals surface area (Å²) in [6.07, 6.45) is 0. The van der Waals surface area contributed by atoms with Crippen LogP contribution in [0.4, 0.5) is 0 Å². The zero-order valence-electron chi connectivity index (χ0n) is 9.75. The molecule has 1 amide bonds. The minimum atomic E-state index is -0.0612. The monoisotopic (exact) mass is 329 g/mol. The summed E-state index contributed by atoms with van der Waals surface area (Å²) in [6, 6.07) is 0. The minimum Gasteiger partial charge on any atom is -0.351 e. The molecule has 0 spiro atoms. The molecule has 0 atom stereocenters. The van der Waals surface area contributed by atoms with Gasteiger partial charge in [0.2, 0.25) is 5.91 Å². The summed E-state index contributed by atoms with van der Waals surface area (Å²) in [6.45, 7) is 6.27. The zero-order valence-corrected chi connectivity index (χ0v) is 11.9. The molecule has 6 aliphatic rings. The third-order valence-electron chi connectivity index (χ3n) is 6.39. The van der Waals surface area contributed by atoms with Crippen LogP contribution < -0.4 is 5.32 Å². The molecule has 3 heteroatoms. The molecule has 0 aromatic carbocycles. The Balaban J connectivity index is 1.46. The summed E-state index contributed by atoms with van der Waals surface area (Å²) in [5, 5.41) is 3.23. The highest BCUT2D eigenvalue weighted by Crippen LogP contribution is 3.08. The number of carbonyl (C=O) groups is 1. The van der Waals surface area contributed by atoms with Gasteiger partial charge in [0.1, 0.15) is 0 Å². The molecule has 0 aliphatic heterocycles. The van der Waals surface area contributed by atoms with Crippen molar-refractivity contribution >= 4 is 28.5 Å². The van der Waals surface area contributed by atoms with E-state index in [9.17, 15) is 4.79 Å². The van der Waals surface area contributed by atoms with Crippen LogP contribution in [-0.4, -0.2) is 14.9 Å². The SMILES string of the molecule is CC(C)(C)NC(=O)C12C3C4C1C1C2C3C41I. The summed E-state index contributed by atoms with van der Waals surface area (Å²) in [5.74, 6) is 5.61. The standard InChI is InChI=1S/C13H16INO/c1-11(2,3)15-10(16)12-4-7-5(12)9-6(12)8(4)13(7,9)14/h4-9H,1-3H3,(H,15,16). The van der Waals surface area contributed by atoms with Crippen LogP contribution in [-0.2, 0) is 4.79 Å². The van der Waals surface area contributed by atoms with Gasteiger partial charge in [-0.25, -0.2) is 0 Å². The molecule has 0 heterocycles. The Morgan fingerprint density at radius 3 is 1.88 bits per heavy atom. The van der Waals surface area contributed by atoms with Crippen LogP contribution in [0.3, 0.4) is 0 Å². The van der Waals surface area contributed by atoms with Gasteiger partial charge in [0, 0.05) is 8.96 Å². The molecule has 0 radical (unpaired) electrons. The quantitative estimate of drug-likeness (QED) is 0.577. The molecular formula is C13H16INO. The second-order valence-corrected chi connectivity index (χ2v) is 9.49. The Morgan fingerprint density at radius 2 is 1.50 bits per heavy atom. The molecule has 0 unspecified atom stereocenters. The number of alkyl halides is 1. The van der Waals surface area contributed by atoms with Crippen LogP contribution >= 0.6 is 22.6 Å². The van der Waals surface area contributed by atoms with Crippen LogP contribution in [0.1, 0.15) is 20.8 Å². The van der Waals surface area contributed by atoms with Crippen LogP contribution in [0.5, 0.6) is 0 Å². The van der Waals surface area contributed by atoms with E-state index in [0.29, 0.717) is 9.33 Å². The molecular weight excluding hydrogens is 313 g/mol.